The van der Waals surface area contributed by atoms with Crippen molar-refractivity contribution < 1.29 is 37.7 Å². The zero-order chi connectivity index (χ0) is 8.08. The van der Waals surface area contributed by atoms with E-state index in [0.717, 1.165) is 0 Å². The summed E-state index contributed by atoms with van der Waals surface area (Å²) >= 11 is 2.36. The van der Waals surface area contributed by atoms with Gasteiger partial charge in [-0.15, -0.1) is 0 Å². The summed E-state index contributed by atoms with van der Waals surface area (Å²) in [6, 6.07) is 0. The molecule has 0 aromatic rings. The van der Waals surface area contributed by atoms with Gasteiger partial charge in [0.1, 0.15) is 0 Å². The number of hydrogen-bond acceptors (Lipinski definition) is 4. The van der Waals surface area contributed by atoms with Crippen molar-refractivity contribution in [2.24, 2.45) is 0 Å². The average molecular weight is 200 g/mol. The predicted octanol–water partition coefficient (Wildman–Crippen LogP) is -0.928. The Morgan fingerprint density at radius 1 is 1.44 bits per heavy atom. The molecule has 0 aliphatic rings. The van der Waals surface area contributed by atoms with E-state index in [0.29, 0.717) is 0 Å². The van der Waals surface area contributed by atoms with Crippen LogP contribution in [0.3, 0.4) is 0 Å². The number of rotatable bonds is 0. The van der Waals surface area contributed by atoms with Gasteiger partial charge >= 0.3 is 40.7 Å². The molecule has 0 saturated heterocycles. The third-order valence-corrected chi connectivity index (χ3v) is 0. The van der Waals surface area contributed by atoms with Crippen LogP contribution in [0.5, 0.6) is 0 Å². The molecular formula is H2FeNO6S. The number of nitro groups is 1. The van der Waals surface area contributed by atoms with Crippen molar-refractivity contribution in [3.8, 4) is 0 Å². The SMILES string of the molecule is O=S(=O)(O)O.O=[N+]([O-])[Fe]. The molecule has 0 atom stereocenters. The summed E-state index contributed by atoms with van der Waals surface area (Å²) in [4.78, 5) is 8.69. The Morgan fingerprint density at radius 2 is 1.44 bits per heavy atom. The van der Waals surface area contributed by atoms with E-state index < -0.39 is 14.3 Å². The fraction of sp³-hybridized carbons (Fsp3) is 0. The van der Waals surface area contributed by atoms with Crippen molar-refractivity contribution >= 4 is 10.4 Å². The van der Waals surface area contributed by atoms with Crippen LogP contribution in [0, 0.1) is 10.1 Å². The van der Waals surface area contributed by atoms with E-state index in [2.05, 4.69) is 16.2 Å². The zero-order valence-corrected chi connectivity index (χ0v) is 5.66. The average Bonchev–Trinajstić information content (AvgIpc) is 1.19. The topological polar surface area (TPSA) is 118 Å². The zero-order valence-electron chi connectivity index (χ0n) is 3.74. The van der Waals surface area contributed by atoms with Gasteiger partial charge in [0.05, 0.1) is 0 Å². The summed E-state index contributed by atoms with van der Waals surface area (Å²) in [5, 5.41) is 8.69. The van der Waals surface area contributed by atoms with Crippen molar-refractivity contribution in [3.05, 3.63) is 10.1 Å². The summed E-state index contributed by atoms with van der Waals surface area (Å²) in [6.07, 6.45) is 0. The molecule has 7 nitrogen and oxygen atoms in total. The molecule has 0 aromatic carbocycles. The molecule has 0 saturated carbocycles. The molecule has 0 amide bonds. The van der Waals surface area contributed by atoms with Crippen LogP contribution in [0.2, 0.25) is 0 Å². The number of hydrogen-bond donors (Lipinski definition) is 2. The van der Waals surface area contributed by atoms with Crippen LogP contribution < -0.4 is 0 Å². The minimum absolute atomic E-state index is 0.750. The molecule has 0 rings (SSSR count). The molecule has 9 heteroatoms. The van der Waals surface area contributed by atoms with Gasteiger partial charge in [-0.1, -0.05) is 0 Å². The molecule has 0 spiro atoms. The van der Waals surface area contributed by atoms with Gasteiger partial charge in [0.25, 0.3) is 0 Å². The van der Waals surface area contributed by atoms with Crippen molar-refractivity contribution in [1.82, 2.24) is 0 Å². The van der Waals surface area contributed by atoms with Crippen LogP contribution in [0.4, 0.5) is 0 Å². The molecule has 0 fully saturated rings. The predicted molar refractivity (Wildman–Crippen MR) is 21.2 cm³/mol. The standard InChI is InChI=1S/Fe.NO2.H2O4S/c;2-1-3;1-5(2,3)4/h;;(H2,1,2,3,4). The van der Waals surface area contributed by atoms with E-state index in [9.17, 15) is 0 Å². The molecule has 0 heterocycles. The molecule has 57 valence electrons. The first-order chi connectivity index (χ1) is 3.73. The van der Waals surface area contributed by atoms with E-state index in [-0.39, 0.29) is 0 Å². The monoisotopic (exact) mass is 200 g/mol. The molecule has 0 aromatic heterocycles. The Hall–Kier alpha value is -0.211. The molecule has 2 N–H and O–H groups in total. The summed E-state index contributed by atoms with van der Waals surface area (Å²) in [7, 11) is -4.67. The first-order valence-corrected chi connectivity index (χ1v) is 3.11. The second kappa shape index (κ2) is 4.65. The van der Waals surface area contributed by atoms with Gasteiger partial charge in [-0.05, 0) is 0 Å². The van der Waals surface area contributed by atoms with Crippen LogP contribution in [0.15, 0.2) is 0 Å². The number of nitrogens with zero attached hydrogens (tertiary/aromatic N) is 1. The van der Waals surface area contributed by atoms with E-state index in [1.807, 2.05) is 0 Å². The first-order valence-electron chi connectivity index (χ1n) is 1.22. The van der Waals surface area contributed by atoms with Crippen molar-refractivity contribution in [2.45, 2.75) is 0 Å². The quantitative estimate of drug-likeness (QED) is 0.225. The van der Waals surface area contributed by atoms with Crippen LogP contribution in [-0.2, 0) is 26.6 Å². The van der Waals surface area contributed by atoms with E-state index in [4.69, 9.17) is 27.6 Å². The van der Waals surface area contributed by atoms with Crippen molar-refractivity contribution in [3.63, 3.8) is 0 Å². The van der Waals surface area contributed by atoms with Crippen LogP contribution in [-0.4, -0.2) is 21.5 Å². The fourth-order valence-electron chi connectivity index (χ4n) is 0. The summed E-state index contributed by atoms with van der Waals surface area (Å²) in [6.45, 7) is 0. The van der Waals surface area contributed by atoms with Gasteiger partial charge < -0.3 is 0 Å². The van der Waals surface area contributed by atoms with Gasteiger partial charge in [0.2, 0.25) is 0 Å². The Morgan fingerprint density at radius 3 is 1.44 bits per heavy atom. The molecule has 9 heavy (non-hydrogen) atoms. The molecule has 0 aliphatic carbocycles. The van der Waals surface area contributed by atoms with Gasteiger partial charge in [-0.2, -0.15) is 8.42 Å². The van der Waals surface area contributed by atoms with Crippen LogP contribution >= 0.6 is 0 Å². The second-order valence-electron chi connectivity index (χ2n) is 0.651. The minimum atomic E-state index is -4.67. The Balaban J connectivity index is 0. The van der Waals surface area contributed by atoms with E-state index in [1.54, 1.807) is 0 Å². The van der Waals surface area contributed by atoms with E-state index >= 15 is 0 Å². The molecule has 0 radical (unpaired) electrons. The summed E-state index contributed by atoms with van der Waals surface area (Å²) in [5.74, 6) is 0. The van der Waals surface area contributed by atoms with Gasteiger partial charge in [-0.3, -0.25) is 9.11 Å². The van der Waals surface area contributed by atoms with Crippen molar-refractivity contribution in [2.75, 3.05) is 0 Å². The summed E-state index contributed by atoms with van der Waals surface area (Å²) in [5.41, 5.74) is 0. The van der Waals surface area contributed by atoms with Crippen LogP contribution in [0.25, 0.3) is 0 Å². The Bertz CT molecular complexity index is 155. The van der Waals surface area contributed by atoms with Gasteiger partial charge in [0, 0.05) is 0 Å². The van der Waals surface area contributed by atoms with E-state index in [1.165, 1.54) is 0 Å². The molecule has 0 bridgehead atoms. The van der Waals surface area contributed by atoms with Crippen molar-refractivity contribution in [1.29, 1.82) is 0 Å². The normalized spacial score (nSPS) is 9.22. The van der Waals surface area contributed by atoms with Gasteiger partial charge in [-0.25, -0.2) is 0 Å². The van der Waals surface area contributed by atoms with Gasteiger partial charge in [0.15, 0.2) is 0 Å². The van der Waals surface area contributed by atoms with Crippen LogP contribution in [0.1, 0.15) is 0 Å². The molecular weight excluding hydrogens is 198 g/mol. The maximum atomic E-state index is 8.74. The Labute approximate surface area is 58.8 Å². The molecule has 0 unspecified atom stereocenters. The third kappa shape index (κ3) is 5890. The first kappa shape index (κ1) is 11.6. The second-order valence-corrected chi connectivity index (χ2v) is 1.95. The fourth-order valence-corrected chi connectivity index (χ4v) is 0. The summed E-state index contributed by atoms with van der Waals surface area (Å²) < 4.78 is 30.8. The Kier molecular flexibility index (Phi) is 5.97. The maximum absolute atomic E-state index is 8.74. The third-order valence-electron chi connectivity index (χ3n) is 0. The molecule has 0 aliphatic heterocycles.